The highest BCUT2D eigenvalue weighted by atomic mass is 35.5. The second kappa shape index (κ2) is 11.9. The molecule has 2 aromatic carbocycles. The van der Waals surface area contributed by atoms with Crippen LogP contribution in [0, 0.1) is 0 Å². The fourth-order valence-corrected chi connectivity index (χ4v) is 3.29. The van der Waals surface area contributed by atoms with Gasteiger partial charge in [-0.05, 0) is 35.4 Å². The summed E-state index contributed by atoms with van der Waals surface area (Å²) in [5.74, 6) is 0.790. The zero-order valence-electron chi connectivity index (χ0n) is 15.8. The molecule has 0 saturated carbocycles. The molecule has 1 aliphatic rings. The van der Waals surface area contributed by atoms with Gasteiger partial charge in [-0.3, -0.25) is 9.69 Å². The first-order valence-electron chi connectivity index (χ1n) is 9.35. The van der Waals surface area contributed by atoms with Crippen LogP contribution < -0.4 is 15.4 Å². The highest BCUT2D eigenvalue weighted by Gasteiger charge is 2.10. The maximum atomic E-state index is 12.2. The maximum absolute atomic E-state index is 12.2. The third-order valence-electron chi connectivity index (χ3n) is 4.52. The highest BCUT2D eigenvalue weighted by molar-refractivity contribution is 6.30. The smallest absolute Gasteiger partial charge is 0.224 e. The van der Waals surface area contributed by atoms with Gasteiger partial charge in [0.1, 0.15) is 12.4 Å². The Morgan fingerprint density at radius 1 is 1.11 bits per heavy atom. The first-order valence-corrected chi connectivity index (χ1v) is 9.73. The molecule has 5 nitrogen and oxygen atoms in total. The Morgan fingerprint density at radius 3 is 2.64 bits per heavy atom. The van der Waals surface area contributed by atoms with Crippen LogP contribution in [-0.2, 0) is 17.8 Å². The van der Waals surface area contributed by atoms with Crippen LogP contribution in [0.25, 0.3) is 0 Å². The van der Waals surface area contributed by atoms with Crippen molar-refractivity contribution in [2.24, 2.45) is 0 Å². The average Bonchev–Trinajstić information content (AvgIpc) is 2.68. The summed E-state index contributed by atoms with van der Waals surface area (Å²) in [6, 6.07) is 15.3. The van der Waals surface area contributed by atoms with Crippen LogP contribution in [0.2, 0.25) is 5.02 Å². The van der Waals surface area contributed by atoms with Gasteiger partial charge >= 0.3 is 0 Å². The summed E-state index contributed by atoms with van der Waals surface area (Å²) < 4.78 is 5.83. The minimum absolute atomic E-state index is 0. The molecule has 7 heteroatoms. The van der Waals surface area contributed by atoms with Gasteiger partial charge in [-0.1, -0.05) is 35.9 Å². The van der Waals surface area contributed by atoms with Crippen molar-refractivity contribution in [3.05, 3.63) is 64.7 Å². The minimum atomic E-state index is 0. The number of rotatable bonds is 8. The fourth-order valence-electron chi connectivity index (χ4n) is 3.07. The molecule has 0 spiro atoms. The van der Waals surface area contributed by atoms with E-state index in [0.29, 0.717) is 24.6 Å². The number of halogens is 2. The summed E-state index contributed by atoms with van der Waals surface area (Å²) in [5.41, 5.74) is 1.96. The number of hydrogen-bond acceptors (Lipinski definition) is 4. The number of piperazine rings is 1. The van der Waals surface area contributed by atoms with E-state index in [1.807, 2.05) is 48.5 Å². The van der Waals surface area contributed by atoms with Crippen molar-refractivity contribution in [2.45, 2.75) is 13.0 Å². The van der Waals surface area contributed by atoms with Crippen molar-refractivity contribution in [3.63, 3.8) is 0 Å². The molecule has 1 heterocycles. The van der Waals surface area contributed by atoms with Crippen LogP contribution in [0.5, 0.6) is 5.75 Å². The van der Waals surface area contributed by atoms with Crippen molar-refractivity contribution >= 4 is 29.9 Å². The molecule has 2 N–H and O–H groups in total. The molecule has 0 radical (unpaired) electrons. The van der Waals surface area contributed by atoms with Gasteiger partial charge in [-0.15, -0.1) is 12.4 Å². The van der Waals surface area contributed by atoms with Gasteiger partial charge in [0, 0.05) is 44.3 Å². The third-order valence-corrected chi connectivity index (χ3v) is 4.75. The summed E-state index contributed by atoms with van der Waals surface area (Å²) in [6.45, 7) is 6.16. The number of benzene rings is 2. The Kier molecular flexibility index (Phi) is 9.58. The van der Waals surface area contributed by atoms with E-state index in [0.717, 1.165) is 49.6 Å². The molecule has 28 heavy (non-hydrogen) atoms. The quantitative estimate of drug-likeness (QED) is 0.685. The summed E-state index contributed by atoms with van der Waals surface area (Å²) in [6.07, 6.45) is 0.357. The lowest BCUT2D eigenvalue weighted by Crippen LogP contribution is -2.46. The first-order chi connectivity index (χ1) is 13.2. The van der Waals surface area contributed by atoms with Crippen molar-refractivity contribution in [1.82, 2.24) is 15.5 Å². The largest absolute Gasteiger partial charge is 0.489 e. The second-order valence-corrected chi connectivity index (χ2v) is 7.12. The Morgan fingerprint density at radius 2 is 1.86 bits per heavy atom. The lowest BCUT2D eigenvalue weighted by Gasteiger charge is -2.27. The predicted molar refractivity (Wildman–Crippen MR) is 115 cm³/mol. The molecular weight excluding hydrogens is 397 g/mol. The Bertz CT molecular complexity index is 752. The topological polar surface area (TPSA) is 53.6 Å². The number of hydrogen-bond donors (Lipinski definition) is 2. The van der Waals surface area contributed by atoms with Crippen LogP contribution in [0.15, 0.2) is 48.5 Å². The number of carbonyl (C=O) groups is 1. The summed E-state index contributed by atoms with van der Waals surface area (Å²) in [5, 5.41) is 7.03. The number of amides is 1. The Balaban J connectivity index is 0.00000280. The van der Waals surface area contributed by atoms with Gasteiger partial charge in [0.15, 0.2) is 0 Å². The standard InChI is InChI=1S/C21H26ClN3O2.ClH/c22-19-5-1-4-18(13-19)16-27-20-6-2-3-17(14-20)15-21(26)24-9-12-25-10-7-23-8-11-25;/h1-6,13-14,23H,7-12,15-16H2,(H,24,26);1H. The molecule has 2 aromatic rings. The lowest BCUT2D eigenvalue weighted by molar-refractivity contribution is -0.120. The Hall–Kier alpha value is -1.79. The second-order valence-electron chi connectivity index (χ2n) is 6.68. The fraction of sp³-hybridized carbons (Fsp3) is 0.381. The predicted octanol–water partition coefficient (Wildman–Crippen LogP) is 2.90. The van der Waals surface area contributed by atoms with Crippen molar-refractivity contribution in [1.29, 1.82) is 0 Å². The van der Waals surface area contributed by atoms with E-state index in [9.17, 15) is 4.79 Å². The van der Waals surface area contributed by atoms with E-state index in [1.54, 1.807) is 0 Å². The van der Waals surface area contributed by atoms with Gasteiger partial charge in [0.2, 0.25) is 5.91 Å². The molecule has 0 aliphatic carbocycles. The normalized spacial score (nSPS) is 14.2. The van der Waals surface area contributed by atoms with Crippen molar-refractivity contribution in [3.8, 4) is 5.75 Å². The van der Waals surface area contributed by atoms with Crippen LogP contribution in [0.3, 0.4) is 0 Å². The molecule has 3 rings (SSSR count). The van der Waals surface area contributed by atoms with Crippen LogP contribution in [0.4, 0.5) is 0 Å². The van der Waals surface area contributed by atoms with Crippen LogP contribution in [0.1, 0.15) is 11.1 Å². The molecule has 1 amide bonds. The summed E-state index contributed by atoms with van der Waals surface area (Å²) in [4.78, 5) is 14.5. The van der Waals surface area contributed by atoms with E-state index in [2.05, 4.69) is 15.5 Å². The van der Waals surface area contributed by atoms with Crippen molar-refractivity contribution in [2.75, 3.05) is 39.3 Å². The molecule has 0 bridgehead atoms. The molecule has 1 aliphatic heterocycles. The monoisotopic (exact) mass is 423 g/mol. The number of nitrogens with zero attached hydrogens (tertiary/aromatic N) is 1. The summed E-state index contributed by atoms with van der Waals surface area (Å²) in [7, 11) is 0. The molecule has 0 atom stereocenters. The van der Waals surface area contributed by atoms with Crippen LogP contribution in [-0.4, -0.2) is 50.1 Å². The van der Waals surface area contributed by atoms with E-state index in [4.69, 9.17) is 16.3 Å². The average molecular weight is 424 g/mol. The summed E-state index contributed by atoms with van der Waals surface area (Å²) >= 11 is 5.99. The number of carbonyl (C=O) groups excluding carboxylic acids is 1. The maximum Gasteiger partial charge on any atom is 0.224 e. The van der Waals surface area contributed by atoms with E-state index < -0.39 is 0 Å². The number of ether oxygens (including phenoxy) is 1. The molecule has 152 valence electrons. The zero-order valence-corrected chi connectivity index (χ0v) is 17.4. The first kappa shape index (κ1) is 22.5. The Labute approximate surface area is 177 Å². The highest BCUT2D eigenvalue weighted by Crippen LogP contribution is 2.17. The van der Waals surface area contributed by atoms with Crippen LogP contribution >= 0.6 is 24.0 Å². The molecule has 0 unspecified atom stereocenters. The zero-order chi connectivity index (χ0) is 18.9. The SMILES string of the molecule is Cl.O=C(Cc1cccc(OCc2cccc(Cl)c2)c1)NCCN1CCNCC1. The van der Waals surface area contributed by atoms with E-state index in [-0.39, 0.29) is 18.3 Å². The van der Waals surface area contributed by atoms with Gasteiger partial charge < -0.3 is 15.4 Å². The molecule has 0 aromatic heterocycles. The molecule has 1 fully saturated rings. The van der Waals surface area contributed by atoms with E-state index in [1.165, 1.54) is 0 Å². The molecular formula is C21H27Cl2N3O2. The van der Waals surface area contributed by atoms with Crippen molar-refractivity contribution < 1.29 is 9.53 Å². The minimum Gasteiger partial charge on any atom is -0.489 e. The number of nitrogens with one attached hydrogen (secondary N) is 2. The third kappa shape index (κ3) is 7.68. The van der Waals surface area contributed by atoms with Gasteiger partial charge in [0.25, 0.3) is 0 Å². The van der Waals surface area contributed by atoms with Gasteiger partial charge in [0.05, 0.1) is 6.42 Å². The molecule has 1 saturated heterocycles. The van der Waals surface area contributed by atoms with Gasteiger partial charge in [-0.25, -0.2) is 0 Å². The van der Waals surface area contributed by atoms with E-state index >= 15 is 0 Å². The van der Waals surface area contributed by atoms with Gasteiger partial charge in [-0.2, -0.15) is 0 Å². The lowest BCUT2D eigenvalue weighted by atomic mass is 10.1.